The molecular formula is C24H50N2O4. The third-order valence-corrected chi connectivity index (χ3v) is 3.74. The largest absolute Gasteiger partial charge is 0.356 e. The highest BCUT2D eigenvalue weighted by Gasteiger charge is 2.03. The standard InChI is InChI=1S/2C6H13NO.2C6H12O/c2*1-4-7-6(8)5(2)3;2*1-4-6(7)5(2)3/h2*5H,4H2,1-3H3,(H,7,8);2*5H,4H2,1-3H3. The Morgan fingerprint density at radius 3 is 0.767 bits per heavy atom. The van der Waals surface area contributed by atoms with E-state index < -0.39 is 0 Å². The summed E-state index contributed by atoms with van der Waals surface area (Å²) in [5.74, 6) is 1.65. The SMILES string of the molecule is CCC(=O)C(C)C.CCC(=O)C(C)C.CCNC(=O)C(C)C.CCNC(=O)C(C)C. The molecule has 0 spiro atoms. The summed E-state index contributed by atoms with van der Waals surface area (Å²) < 4.78 is 0. The average molecular weight is 431 g/mol. The van der Waals surface area contributed by atoms with Gasteiger partial charge in [0.15, 0.2) is 0 Å². The normalized spacial score (nSPS) is 9.60. The Morgan fingerprint density at radius 2 is 0.733 bits per heavy atom. The zero-order chi connectivity index (χ0) is 24.9. The van der Waals surface area contributed by atoms with Crippen molar-refractivity contribution in [2.75, 3.05) is 13.1 Å². The molecule has 6 heteroatoms. The van der Waals surface area contributed by atoms with E-state index in [9.17, 15) is 19.2 Å². The molecule has 0 bridgehead atoms. The van der Waals surface area contributed by atoms with Gasteiger partial charge in [0.05, 0.1) is 0 Å². The fourth-order valence-corrected chi connectivity index (χ4v) is 1.57. The van der Waals surface area contributed by atoms with Crippen LogP contribution in [0, 0.1) is 23.7 Å². The minimum absolute atomic E-state index is 0.120. The molecule has 0 aromatic heterocycles. The average Bonchev–Trinajstić information content (AvgIpc) is 2.68. The van der Waals surface area contributed by atoms with Crippen LogP contribution in [0.5, 0.6) is 0 Å². The zero-order valence-electron chi connectivity index (χ0n) is 21.8. The van der Waals surface area contributed by atoms with Gasteiger partial charge in [-0.25, -0.2) is 0 Å². The van der Waals surface area contributed by atoms with Crippen LogP contribution in [0.3, 0.4) is 0 Å². The van der Waals surface area contributed by atoms with Crippen molar-refractivity contribution in [2.24, 2.45) is 23.7 Å². The number of hydrogen-bond donors (Lipinski definition) is 2. The minimum Gasteiger partial charge on any atom is -0.356 e. The van der Waals surface area contributed by atoms with Gasteiger partial charge >= 0.3 is 0 Å². The molecule has 0 saturated carbocycles. The van der Waals surface area contributed by atoms with Crippen molar-refractivity contribution in [3.63, 3.8) is 0 Å². The number of carbonyl (C=O) groups is 4. The lowest BCUT2D eigenvalue weighted by atomic mass is 10.1. The molecule has 30 heavy (non-hydrogen) atoms. The molecule has 0 aliphatic heterocycles. The molecular weight excluding hydrogens is 380 g/mol. The number of nitrogens with one attached hydrogen (secondary N) is 2. The summed E-state index contributed by atoms with van der Waals surface area (Å²) in [6, 6.07) is 0. The highest BCUT2D eigenvalue weighted by Crippen LogP contribution is 1.96. The van der Waals surface area contributed by atoms with Crippen LogP contribution in [-0.2, 0) is 19.2 Å². The van der Waals surface area contributed by atoms with Gasteiger partial charge in [-0.1, -0.05) is 69.2 Å². The highest BCUT2D eigenvalue weighted by molar-refractivity contribution is 5.80. The van der Waals surface area contributed by atoms with Gasteiger partial charge in [0, 0.05) is 49.6 Å². The molecule has 0 saturated heterocycles. The smallest absolute Gasteiger partial charge is 0.222 e. The lowest BCUT2D eigenvalue weighted by Gasteiger charge is -2.02. The molecule has 0 aromatic rings. The van der Waals surface area contributed by atoms with Crippen LogP contribution in [-0.4, -0.2) is 36.5 Å². The first-order valence-electron chi connectivity index (χ1n) is 11.3. The molecule has 0 aliphatic rings. The molecule has 0 radical (unpaired) electrons. The molecule has 0 heterocycles. The van der Waals surface area contributed by atoms with Crippen LogP contribution in [0.4, 0.5) is 0 Å². The first-order chi connectivity index (χ1) is 13.7. The Bertz CT molecular complexity index is 414. The second kappa shape index (κ2) is 23.6. The van der Waals surface area contributed by atoms with Gasteiger partial charge in [-0.15, -0.1) is 0 Å². The molecule has 0 rings (SSSR count). The van der Waals surface area contributed by atoms with E-state index in [-0.39, 0.29) is 35.5 Å². The Morgan fingerprint density at radius 1 is 0.500 bits per heavy atom. The Labute approximate surface area is 186 Å². The molecule has 0 aliphatic carbocycles. The topological polar surface area (TPSA) is 92.3 Å². The second-order valence-corrected chi connectivity index (χ2v) is 8.05. The predicted molar refractivity (Wildman–Crippen MR) is 127 cm³/mol. The van der Waals surface area contributed by atoms with E-state index in [1.165, 1.54) is 0 Å². The van der Waals surface area contributed by atoms with Crippen LogP contribution < -0.4 is 10.6 Å². The van der Waals surface area contributed by atoms with Crippen LogP contribution in [0.2, 0.25) is 0 Å². The van der Waals surface area contributed by atoms with Gasteiger partial charge in [-0.2, -0.15) is 0 Å². The number of amides is 2. The van der Waals surface area contributed by atoms with Gasteiger partial charge < -0.3 is 10.6 Å². The molecule has 0 unspecified atom stereocenters. The van der Waals surface area contributed by atoms with Crippen LogP contribution in [0.25, 0.3) is 0 Å². The van der Waals surface area contributed by atoms with Crippen LogP contribution in [0.1, 0.15) is 95.9 Å². The van der Waals surface area contributed by atoms with E-state index in [0.717, 1.165) is 13.1 Å². The maximum absolute atomic E-state index is 10.6. The summed E-state index contributed by atoms with van der Waals surface area (Å²) in [4.78, 5) is 42.3. The Hall–Kier alpha value is -1.72. The van der Waals surface area contributed by atoms with Crippen LogP contribution in [0.15, 0.2) is 0 Å². The van der Waals surface area contributed by atoms with Gasteiger partial charge in [0.1, 0.15) is 11.6 Å². The Balaban J connectivity index is -0.000000151. The fourth-order valence-electron chi connectivity index (χ4n) is 1.57. The molecule has 180 valence electrons. The van der Waals surface area contributed by atoms with Crippen LogP contribution >= 0.6 is 0 Å². The minimum atomic E-state index is 0.120. The maximum Gasteiger partial charge on any atom is 0.222 e. The summed E-state index contributed by atoms with van der Waals surface area (Å²) in [6.45, 7) is 24.3. The van der Waals surface area contributed by atoms with Gasteiger partial charge in [0.25, 0.3) is 0 Å². The maximum atomic E-state index is 10.6. The van der Waals surface area contributed by atoms with E-state index >= 15 is 0 Å². The first-order valence-corrected chi connectivity index (χ1v) is 11.3. The quantitative estimate of drug-likeness (QED) is 0.578. The summed E-state index contributed by atoms with van der Waals surface area (Å²) in [6.07, 6.45) is 1.36. The molecule has 0 aromatic carbocycles. The highest BCUT2D eigenvalue weighted by atomic mass is 16.2. The van der Waals surface area contributed by atoms with Crippen molar-refractivity contribution in [1.29, 1.82) is 0 Å². The third-order valence-electron chi connectivity index (χ3n) is 3.74. The predicted octanol–water partition coefficient (Wildman–Crippen LogP) is 4.80. The van der Waals surface area contributed by atoms with Gasteiger partial charge in [-0.05, 0) is 13.8 Å². The van der Waals surface area contributed by atoms with Crippen molar-refractivity contribution >= 4 is 23.4 Å². The summed E-state index contributed by atoms with van der Waals surface area (Å²) in [7, 11) is 0. The van der Waals surface area contributed by atoms with E-state index in [1.807, 2.05) is 83.1 Å². The van der Waals surface area contributed by atoms with Crippen molar-refractivity contribution in [3.8, 4) is 0 Å². The fraction of sp³-hybridized carbons (Fsp3) is 0.833. The molecule has 2 amide bonds. The van der Waals surface area contributed by atoms with Crippen molar-refractivity contribution < 1.29 is 19.2 Å². The van der Waals surface area contributed by atoms with Crippen molar-refractivity contribution in [3.05, 3.63) is 0 Å². The lowest BCUT2D eigenvalue weighted by molar-refractivity contribution is -0.124. The summed E-state index contributed by atoms with van der Waals surface area (Å²) >= 11 is 0. The monoisotopic (exact) mass is 430 g/mol. The number of Topliss-reactive ketones (excluding diaryl/α,β-unsaturated/α-hetero) is 2. The lowest BCUT2D eigenvalue weighted by Crippen LogP contribution is -2.26. The van der Waals surface area contributed by atoms with E-state index in [1.54, 1.807) is 0 Å². The summed E-state index contributed by atoms with van der Waals surface area (Å²) in [5.41, 5.74) is 0. The molecule has 6 nitrogen and oxygen atoms in total. The van der Waals surface area contributed by atoms with E-state index in [4.69, 9.17) is 0 Å². The number of hydrogen-bond acceptors (Lipinski definition) is 4. The first kappa shape index (κ1) is 35.7. The van der Waals surface area contributed by atoms with E-state index in [0.29, 0.717) is 24.4 Å². The zero-order valence-corrected chi connectivity index (χ0v) is 21.8. The molecule has 0 atom stereocenters. The van der Waals surface area contributed by atoms with Gasteiger partial charge in [-0.3, -0.25) is 19.2 Å². The number of rotatable bonds is 8. The van der Waals surface area contributed by atoms with Crippen molar-refractivity contribution in [2.45, 2.75) is 95.9 Å². The van der Waals surface area contributed by atoms with Crippen molar-refractivity contribution in [1.82, 2.24) is 10.6 Å². The molecule has 0 fully saturated rings. The third kappa shape index (κ3) is 28.5. The van der Waals surface area contributed by atoms with Gasteiger partial charge in [0.2, 0.25) is 11.8 Å². The second-order valence-electron chi connectivity index (χ2n) is 8.05. The molecule has 2 N–H and O–H groups in total. The summed E-state index contributed by atoms with van der Waals surface area (Å²) in [5, 5.41) is 5.41. The van der Waals surface area contributed by atoms with E-state index in [2.05, 4.69) is 10.6 Å². The Kier molecular flexibility index (Phi) is 28.0. The number of ketones is 2. The number of carbonyl (C=O) groups excluding carboxylic acids is 4.